The molecule has 330 valence electrons. The maximum atomic E-state index is 13.3. The second-order valence-electron chi connectivity index (χ2n) is 18.9. The van der Waals surface area contributed by atoms with Crippen molar-refractivity contribution < 1.29 is 19.1 Å². The number of fused-ring (bicyclic) bond motifs is 4. The zero-order chi connectivity index (χ0) is 45.4. The van der Waals surface area contributed by atoms with Gasteiger partial charge in [0.15, 0.2) is 11.9 Å². The van der Waals surface area contributed by atoms with E-state index in [1.54, 1.807) is 12.1 Å². The largest absolute Gasteiger partial charge is 0.872 e. The number of rotatable bonds is 12. The third-order valence-corrected chi connectivity index (χ3v) is 13.7. The fourth-order valence-corrected chi connectivity index (χ4v) is 10.8. The second-order valence-corrected chi connectivity index (χ2v) is 19.2. The Morgan fingerprint density at radius 3 is 1.98 bits per heavy atom. The van der Waals surface area contributed by atoms with Gasteiger partial charge in [-0.1, -0.05) is 151 Å². The van der Waals surface area contributed by atoms with Crippen LogP contribution in [0.2, 0.25) is 5.15 Å². The highest BCUT2D eigenvalue weighted by atomic mass is 35.5. The van der Waals surface area contributed by atoms with Gasteiger partial charge in [-0.3, -0.25) is 4.98 Å². The first-order chi connectivity index (χ1) is 32.1. The summed E-state index contributed by atoms with van der Waals surface area (Å²) in [5.41, 5.74) is 8.95. The molecule has 0 aliphatic carbocycles. The lowest BCUT2D eigenvalue weighted by Crippen LogP contribution is -2.68. The van der Waals surface area contributed by atoms with Crippen LogP contribution in [-0.2, 0) is 6.54 Å². The highest BCUT2D eigenvalue weighted by Gasteiger charge is 2.55. The van der Waals surface area contributed by atoms with E-state index in [0.717, 1.165) is 92.6 Å². The zero-order valence-corrected chi connectivity index (χ0v) is 38.4. The van der Waals surface area contributed by atoms with Gasteiger partial charge < -0.3 is 19.1 Å². The number of hydrogen-bond acceptors (Lipinski definition) is 6. The topological polar surface area (TPSA) is 80.2 Å². The van der Waals surface area contributed by atoms with Crippen LogP contribution < -0.4 is 14.6 Å². The summed E-state index contributed by atoms with van der Waals surface area (Å²) in [6.07, 6.45) is 5.35. The Kier molecular flexibility index (Phi) is 11.7. The number of nitrogens with zero attached hydrogens (tertiary/aromatic N) is 4. The van der Waals surface area contributed by atoms with Gasteiger partial charge in [0.25, 0.3) is 0 Å². The van der Waals surface area contributed by atoms with Crippen molar-refractivity contribution in [2.45, 2.75) is 57.9 Å². The number of aromatic nitrogens is 3. The van der Waals surface area contributed by atoms with Crippen molar-refractivity contribution in [2.75, 3.05) is 13.1 Å². The Morgan fingerprint density at radius 2 is 1.38 bits per heavy atom. The fourth-order valence-electron chi connectivity index (χ4n) is 10.5. The van der Waals surface area contributed by atoms with Crippen LogP contribution in [0.3, 0.4) is 0 Å². The predicted octanol–water partition coefficient (Wildman–Crippen LogP) is 13.3. The summed E-state index contributed by atoms with van der Waals surface area (Å²) < 4.78 is 15.3. The highest BCUT2D eigenvalue weighted by Crippen LogP contribution is 2.51. The number of pyridine rings is 1. The van der Waals surface area contributed by atoms with Crippen LogP contribution in [-0.4, -0.2) is 44.2 Å². The molecule has 6 aromatic carbocycles. The quantitative estimate of drug-likeness (QED) is 0.0691. The lowest BCUT2D eigenvalue weighted by molar-refractivity contribution is -0.984. The van der Waals surface area contributed by atoms with E-state index in [9.17, 15) is 5.11 Å². The summed E-state index contributed by atoms with van der Waals surface area (Å²) in [6.45, 7) is 13.3. The molecule has 0 spiro atoms. The minimum atomic E-state index is -0.575. The molecule has 0 radical (unpaired) electrons. The van der Waals surface area contributed by atoms with Crippen molar-refractivity contribution in [3.8, 4) is 62.1 Å². The molecule has 2 bridgehead atoms. The van der Waals surface area contributed by atoms with Crippen LogP contribution >= 0.6 is 11.6 Å². The van der Waals surface area contributed by atoms with E-state index in [1.807, 2.05) is 79.0 Å². The molecule has 3 saturated heterocycles. The number of halogens is 1. The monoisotopic (exact) mass is 888 g/mol. The molecule has 3 aliphatic heterocycles. The Morgan fingerprint density at radius 1 is 0.773 bits per heavy atom. The van der Waals surface area contributed by atoms with E-state index in [1.165, 1.54) is 5.56 Å². The van der Waals surface area contributed by atoms with Crippen molar-refractivity contribution in [1.29, 1.82) is 0 Å². The van der Waals surface area contributed by atoms with E-state index in [2.05, 4.69) is 106 Å². The number of benzene rings is 6. The first-order valence-corrected chi connectivity index (χ1v) is 23.3. The molecule has 8 heteroatoms. The normalized spacial score (nSPS) is 19.6. The van der Waals surface area contributed by atoms with Gasteiger partial charge in [0.05, 0.1) is 24.2 Å². The second kappa shape index (κ2) is 17.9. The van der Waals surface area contributed by atoms with Gasteiger partial charge in [0, 0.05) is 58.2 Å². The first kappa shape index (κ1) is 43.1. The van der Waals surface area contributed by atoms with Gasteiger partial charge in [-0.15, -0.1) is 12.3 Å². The summed E-state index contributed by atoms with van der Waals surface area (Å²) in [5.74, 6) is 2.33. The van der Waals surface area contributed by atoms with Crippen LogP contribution in [0.4, 0.5) is 0 Å². The summed E-state index contributed by atoms with van der Waals surface area (Å²) in [4.78, 5) is 14.8. The van der Waals surface area contributed by atoms with Crippen molar-refractivity contribution >= 4 is 22.5 Å². The average Bonchev–Trinajstić information content (AvgIpc) is 3.34. The predicted molar refractivity (Wildman–Crippen MR) is 264 cm³/mol. The highest BCUT2D eigenvalue weighted by molar-refractivity contribution is 6.32. The molecular formula is C58H53ClN4O3. The SMILES string of the molecule is C=C[C@H]1C[N@+]2(Cc3cc(-c4ccccc4)c(OC(C)(C)C)c(-c4ccccc4)c3)CC[C@H]1C[C@@H]2[C@H](Oc1nc(-c2ccccc2)nc(Cl)c1-c1ccccc1)c1ccnc2ccc([O-])cc12. The van der Waals surface area contributed by atoms with Crippen molar-refractivity contribution in [3.63, 3.8) is 0 Å². The fraction of sp³-hybridized carbons (Fsp3) is 0.224. The third kappa shape index (κ3) is 8.57. The Hall–Kier alpha value is -6.80. The van der Waals surface area contributed by atoms with E-state index in [-0.39, 0.29) is 11.8 Å². The van der Waals surface area contributed by atoms with Crippen LogP contribution in [0.1, 0.15) is 50.8 Å². The zero-order valence-electron chi connectivity index (χ0n) is 37.6. The molecule has 66 heavy (non-hydrogen) atoms. The summed E-state index contributed by atoms with van der Waals surface area (Å²) in [5, 5.41) is 14.3. The molecule has 7 nitrogen and oxygen atoms in total. The Bertz CT molecular complexity index is 2960. The number of hydrogen-bond donors (Lipinski definition) is 0. The minimum absolute atomic E-state index is 0.0794. The van der Waals surface area contributed by atoms with Crippen LogP contribution in [0.5, 0.6) is 17.4 Å². The molecule has 3 aliphatic rings. The molecule has 5 heterocycles. The van der Waals surface area contributed by atoms with E-state index < -0.39 is 11.7 Å². The maximum Gasteiger partial charge on any atom is 0.227 e. The molecule has 0 unspecified atom stereocenters. The van der Waals surface area contributed by atoms with Gasteiger partial charge in [-0.25, -0.2) is 4.98 Å². The third-order valence-electron chi connectivity index (χ3n) is 13.5. The number of quaternary nitrogens is 1. The van der Waals surface area contributed by atoms with Crippen LogP contribution in [0.15, 0.2) is 177 Å². The van der Waals surface area contributed by atoms with Gasteiger partial charge in [0.1, 0.15) is 29.1 Å². The Labute approximate surface area is 392 Å². The Balaban J connectivity index is 1.19. The molecular weight excluding hydrogens is 836 g/mol. The summed E-state index contributed by atoms with van der Waals surface area (Å²) in [7, 11) is 0. The van der Waals surface area contributed by atoms with Crippen molar-refractivity contribution in [3.05, 3.63) is 193 Å². The van der Waals surface area contributed by atoms with Gasteiger partial charge in [0.2, 0.25) is 5.88 Å². The van der Waals surface area contributed by atoms with Crippen molar-refractivity contribution in [2.24, 2.45) is 11.8 Å². The smallest absolute Gasteiger partial charge is 0.227 e. The van der Waals surface area contributed by atoms with E-state index in [4.69, 9.17) is 36.0 Å². The minimum Gasteiger partial charge on any atom is -0.872 e. The summed E-state index contributed by atoms with van der Waals surface area (Å²) >= 11 is 7.26. The number of ether oxygens (including phenoxy) is 2. The van der Waals surface area contributed by atoms with Crippen LogP contribution in [0, 0.1) is 11.8 Å². The molecule has 8 aromatic rings. The van der Waals surface area contributed by atoms with Gasteiger partial charge in [-0.2, -0.15) is 4.98 Å². The van der Waals surface area contributed by atoms with Gasteiger partial charge in [-0.05, 0) is 67.6 Å². The maximum absolute atomic E-state index is 13.3. The standard InChI is InChI=1S/C58H53ClN4O3/c1-5-39-37-63(36-38-32-47(40-18-10-6-11-19-40)53(66-58(2,3)4)48(33-38)41-20-12-7-13-21-41)31-29-44(39)34-51(63)54(46-28-30-60-50-27-26-45(64)35-49(46)50)65-57-52(42-22-14-8-15-23-42)55(59)61-56(62-57)43-24-16-9-17-25-43/h5-28,30,32-33,35,39,44,51,54H,1,29,31,34,36-37H2,2-4H3/t39-,44-,51+,54+,63+/m0/s1. The average molecular weight is 890 g/mol. The van der Waals surface area contributed by atoms with Crippen LogP contribution in [0.25, 0.3) is 55.7 Å². The molecule has 5 atom stereocenters. The van der Waals surface area contributed by atoms with Gasteiger partial charge >= 0.3 is 0 Å². The molecule has 3 fully saturated rings. The molecule has 11 rings (SSSR count). The first-order valence-electron chi connectivity index (χ1n) is 22.9. The van der Waals surface area contributed by atoms with Crippen molar-refractivity contribution in [1.82, 2.24) is 15.0 Å². The molecule has 0 amide bonds. The van der Waals surface area contributed by atoms with E-state index in [0.29, 0.717) is 34.3 Å². The summed E-state index contributed by atoms with van der Waals surface area (Å²) in [6, 6.07) is 52.7. The lowest BCUT2D eigenvalue weighted by Gasteiger charge is -2.58. The molecule has 0 saturated carbocycles. The lowest BCUT2D eigenvalue weighted by atomic mass is 9.71. The number of piperidine rings is 3. The van der Waals surface area contributed by atoms with E-state index >= 15 is 0 Å². The molecule has 0 N–H and O–H groups in total. The molecule has 2 aromatic heterocycles.